The summed E-state index contributed by atoms with van der Waals surface area (Å²) in [6, 6.07) is 11.9. The van der Waals surface area contributed by atoms with E-state index >= 15 is 0 Å². The summed E-state index contributed by atoms with van der Waals surface area (Å²) in [5.41, 5.74) is 2.39. The quantitative estimate of drug-likeness (QED) is 0.440. The van der Waals surface area contributed by atoms with E-state index in [4.69, 9.17) is 9.57 Å². The maximum atomic E-state index is 11.9. The lowest BCUT2D eigenvalue weighted by atomic mass is 9.87. The van der Waals surface area contributed by atoms with Crippen molar-refractivity contribution in [3.63, 3.8) is 0 Å². The van der Waals surface area contributed by atoms with Crippen LogP contribution in [-0.2, 0) is 21.7 Å². The number of rotatable bonds is 7. The number of hydrogen-bond acceptors (Lipinski definition) is 6. The second-order valence-corrected chi connectivity index (χ2v) is 7.09. The molecule has 0 radical (unpaired) electrons. The molecule has 0 saturated carbocycles. The first-order valence-corrected chi connectivity index (χ1v) is 8.59. The number of nitrogens with one attached hydrogen (secondary N) is 1. The average molecular weight is 385 g/mol. The van der Waals surface area contributed by atoms with E-state index in [9.17, 15) is 14.9 Å². The number of ether oxygens (including phenoxy) is 1. The molecule has 0 aromatic heterocycles. The number of nitro groups is 1. The largest absolute Gasteiger partial charge is 0.494 e. The predicted molar refractivity (Wildman–Crippen MR) is 107 cm³/mol. The van der Waals surface area contributed by atoms with Crippen molar-refractivity contribution in [2.45, 2.75) is 32.8 Å². The Morgan fingerprint density at radius 1 is 1.21 bits per heavy atom. The van der Waals surface area contributed by atoms with Gasteiger partial charge in [0.05, 0.1) is 23.8 Å². The van der Waals surface area contributed by atoms with Crippen LogP contribution in [-0.4, -0.2) is 24.2 Å². The van der Waals surface area contributed by atoms with E-state index in [-0.39, 0.29) is 23.5 Å². The van der Waals surface area contributed by atoms with Gasteiger partial charge in [0.2, 0.25) is 0 Å². The van der Waals surface area contributed by atoms with Crippen molar-refractivity contribution in [1.82, 2.24) is 0 Å². The summed E-state index contributed by atoms with van der Waals surface area (Å²) in [4.78, 5) is 27.3. The number of methoxy groups -OCH3 is 1. The minimum Gasteiger partial charge on any atom is -0.494 e. The Morgan fingerprint density at radius 3 is 2.46 bits per heavy atom. The molecule has 8 heteroatoms. The van der Waals surface area contributed by atoms with Crippen LogP contribution in [0.5, 0.6) is 5.75 Å². The number of nitro benzene ring substituents is 1. The summed E-state index contributed by atoms with van der Waals surface area (Å²) >= 11 is 0. The van der Waals surface area contributed by atoms with Gasteiger partial charge in [0.15, 0.2) is 0 Å². The number of amides is 1. The molecule has 0 saturated heterocycles. The number of oxime groups is 1. The van der Waals surface area contributed by atoms with Crippen molar-refractivity contribution < 1.29 is 19.3 Å². The van der Waals surface area contributed by atoms with Crippen LogP contribution in [0.2, 0.25) is 0 Å². The number of anilines is 1. The fraction of sp³-hybridized carbons (Fsp3) is 0.300. The van der Waals surface area contributed by atoms with E-state index < -0.39 is 10.8 Å². The van der Waals surface area contributed by atoms with Crippen LogP contribution >= 0.6 is 0 Å². The topological polar surface area (TPSA) is 103 Å². The normalized spacial score (nSPS) is 11.3. The smallest absolute Gasteiger partial charge is 0.273 e. The average Bonchev–Trinajstić information content (AvgIpc) is 2.65. The summed E-state index contributed by atoms with van der Waals surface area (Å²) in [6.07, 6.45) is 0.990. The first kappa shape index (κ1) is 20.9. The molecule has 0 fully saturated rings. The van der Waals surface area contributed by atoms with Gasteiger partial charge >= 0.3 is 0 Å². The van der Waals surface area contributed by atoms with Gasteiger partial charge in [-0.25, -0.2) is 0 Å². The highest BCUT2D eigenvalue weighted by Gasteiger charge is 2.13. The number of nitrogens with zero attached hydrogens (tertiary/aromatic N) is 2. The predicted octanol–water partition coefficient (Wildman–Crippen LogP) is 4.04. The van der Waals surface area contributed by atoms with Crippen molar-refractivity contribution >= 4 is 23.5 Å². The first-order valence-electron chi connectivity index (χ1n) is 8.59. The monoisotopic (exact) mass is 385 g/mol. The SMILES string of the molecule is COc1cc([N+](=O)[O-])ccc1NC(=O)/C=N\OCc1ccc(C(C)(C)C)cc1. The van der Waals surface area contributed by atoms with Crippen LogP contribution < -0.4 is 10.1 Å². The molecule has 148 valence electrons. The Labute approximate surface area is 163 Å². The standard InChI is InChI=1S/C20H23N3O5/c1-20(2,3)15-7-5-14(6-8-15)13-28-21-12-19(24)22-17-10-9-16(23(25)26)11-18(17)27-4/h5-12H,13H2,1-4H3,(H,22,24)/b21-12-. The minimum atomic E-state index is -0.546. The van der Waals surface area contributed by atoms with E-state index in [1.807, 2.05) is 24.3 Å². The van der Waals surface area contributed by atoms with E-state index in [0.29, 0.717) is 5.69 Å². The third-order valence-electron chi connectivity index (χ3n) is 3.95. The van der Waals surface area contributed by atoms with Crippen LogP contribution in [0.15, 0.2) is 47.6 Å². The maximum absolute atomic E-state index is 11.9. The number of carbonyl (C=O) groups is 1. The van der Waals surface area contributed by atoms with E-state index in [0.717, 1.165) is 11.8 Å². The molecule has 8 nitrogen and oxygen atoms in total. The minimum absolute atomic E-state index is 0.0779. The van der Waals surface area contributed by atoms with Crippen molar-refractivity contribution in [2.24, 2.45) is 5.16 Å². The van der Waals surface area contributed by atoms with Crippen molar-refractivity contribution in [1.29, 1.82) is 0 Å². The summed E-state index contributed by atoms with van der Waals surface area (Å²) < 4.78 is 5.06. The second-order valence-electron chi connectivity index (χ2n) is 7.09. The molecule has 1 amide bonds. The lowest BCUT2D eigenvalue weighted by Gasteiger charge is -2.18. The number of carbonyl (C=O) groups excluding carboxylic acids is 1. The summed E-state index contributed by atoms with van der Waals surface area (Å²) in [5, 5.41) is 17.0. The highest BCUT2D eigenvalue weighted by molar-refractivity contribution is 6.31. The number of non-ortho nitro benzene ring substituents is 1. The van der Waals surface area contributed by atoms with Crippen molar-refractivity contribution in [2.75, 3.05) is 12.4 Å². The van der Waals surface area contributed by atoms with Crippen LogP contribution in [0.3, 0.4) is 0 Å². The Kier molecular flexibility index (Phi) is 6.70. The van der Waals surface area contributed by atoms with Crippen LogP contribution in [0.1, 0.15) is 31.9 Å². The fourth-order valence-corrected chi connectivity index (χ4v) is 2.36. The molecular formula is C20H23N3O5. The Hall–Kier alpha value is -3.42. The molecule has 0 spiro atoms. The lowest BCUT2D eigenvalue weighted by Crippen LogP contribution is -2.13. The number of benzene rings is 2. The number of hydrogen-bond donors (Lipinski definition) is 1. The molecule has 2 rings (SSSR count). The molecule has 0 aliphatic carbocycles. The lowest BCUT2D eigenvalue weighted by molar-refractivity contribution is -0.384. The zero-order valence-corrected chi connectivity index (χ0v) is 16.3. The highest BCUT2D eigenvalue weighted by Crippen LogP contribution is 2.28. The third kappa shape index (κ3) is 5.80. The van der Waals surface area contributed by atoms with Crippen LogP contribution in [0.25, 0.3) is 0 Å². The van der Waals surface area contributed by atoms with Crippen LogP contribution in [0.4, 0.5) is 11.4 Å². The van der Waals surface area contributed by atoms with Gasteiger partial charge in [-0.2, -0.15) is 0 Å². The van der Waals surface area contributed by atoms with Gasteiger partial charge in [-0.3, -0.25) is 14.9 Å². The van der Waals surface area contributed by atoms with E-state index in [2.05, 4.69) is 31.2 Å². The molecule has 28 heavy (non-hydrogen) atoms. The molecular weight excluding hydrogens is 362 g/mol. The van der Waals surface area contributed by atoms with Gasteiger partial charge in [-0.15, -0.1) is 0 Å². The van der Waals surface area contributed by atoms with Gasteiger partial charge in [0.1, 0.15) is 18.6 Å². The van der Waals surface area contributed by atoms with Gasteiger partial charge < -0.3 is 14.9 Å². The second kappa shape index (κ2) is 8.98. The molecule has 0 aliphatic rings. The highest BCUT2D eigenvalue weighted by atomic mass is 16.6. The maximum Gasteiger partial charge on any atom is 0.273 e. The molecule has 0 atom stereocenters. The Bertz CT molecular complexity index is 870. The molecule has 2 aromatic rings. The van der Waals surface area contributed by atoms with Gasteiger partial charge in [-0.05, 0) is 22.6 Å². The third-order valence-corrected chi connectivity index (χ3v) is 3.95. The first-order chi connectivity index (χ1) is 13.2. The summed E-state index contributed by atoms with van der Waals surface area (Å²) in [5.74, 6) is -0.369. The van der Waals surface area contributed by atoms with Crippen LogP contribution in [0, 0.1) is 10.1 Å². The fourth-order valence-electron chi connectivity index (χ4n) is 2.36. The summed E-state index contributed by atoms with van der Waals surface area (Å²) in [7, 11) is 1.36. The van der Waals surface area contributed by atoms with E-state index in [1.54, 1.807) is 0 Å². The van der Waals surface area contributed by atoms with Gasteiger partial charge in [0.25, 0.3) is 11.6 Å². The molecule has 0 bridgehead atoms. The van der Waals surface area contributed by atoms with Gasteiger partial charge in [0, 0.05) is 6.07 Å². The Balaban J connectivity index is 1.89. The van der Waals surface area contributed by atoms with Crippen molar-refractivity contribution in [3.8, 4) is 5.75 Å². The molecule has 2 aromatic carbocycles. The Morgan fingerprint density at radius 2 is 1.89 bits per heavy atom. The molecule has 0 unspecified atom stereocenters. The molecule has 0 heterocycles. The zero-order chi connectivity index (χ0) is 20.7. The molecule has 1 N–H and O–H groups in total. The summed E-state index contributed by atoms with van der Waals surface area (Å²) in [6.45, 7) is 6.65. The van der Waals surface area contributed by atoms with Crippen molar-refractivity contribution in [3.05, 3.63) is 63.7 Å². The zero-order valence-electron chi connectivity index (χ0n) is 16.3. The molecule has 0 aliphatic heterocycles. The van der Waals surface area contributed by atoms with Gasteiger partial charge in [-0.1, -0.05) is 50.2 Å². The van der Waals surface area contributed by atoms with E-state index in [1.165, 1.54) is 30.9 Å².